The van der Waals surface area contributed by atoms with E-state index in [1.54, 1.807) is 6.07 Å². The molecule has 0 saturated carbocycles. The zero-order valence-corrected chi connectivity index (χ0v) is 11.1. The minimum absolute atomic E-state index is 0. The Morgan fingerprint density at radius 3 is 2.38 bits per heavy atom. The second-order valence-electron chi connectivity index (χ2n) is 3.31. The lowest BCUT2D eigenvalue weighted by Gasteiger charge is -2.29. The molecule has 6 heteroatoms. The molecule has 0 bridgehead atoms. The third-order valence-electron chi connectivity index (χ3n) is 2.32. The predicted octanol–water partition coefficient (Wildman–Crippen LogP) is 2.60. The molecule has 0 unspecified atom stereocenters. The fourth-order valence-electron chi connectivity index (χ4n) is 1.58. The second kappa shape index (κ2) is 7.07. The lowest BCUT2D eigenvalue weighted by molar-refractivity contribution is 0.122. The summed E-state index contributed by atoms with van der Waals surface area (Å²) in [5.41, 5.74) is 7.38. The summed E-state index contributed by atoms with van der Waals surface area (Å²) in [6.45, 7) is 3.31. The molecule has 1 saturated heterocycles. The number of nitrogens with zero attached hydrogens (tertiary/aromatic N) is 1. The molecule has 0 atom stereocenters. The molecule has 3 nitrogen and oxygen atoms in total. The Kier molecular flexibility index (Phi) is 6.91. The molecule has 2 rings (SSSR count). The van der Waals surface area contributed by atoms with Crippen molar-refractivity contribution in [2.45, 2.75) is 0 Å². The van der Waals surface area contributed by atoms with Crippen molar-refractivity contribution in [3.8, 4) is 0 Å². The fourth-order valence-corrected chi connectivity index (χ4v) is 1.89. The first kappa shape index (κ1) is 15.7. The molecule has 1 aromatic rings. The van der Waals surface area contributed by atoms with Crippen LogP contribution in [0.25, 0.3) is 0 Å². The summed E-state index contributed by atoms with van der Waals surface area (Å²) in [4.78, 5) is 2.21. The van der Waals surface area contributed by atoms with E-state index >= 15 is 0 Å². The van der Waals surface area contributed by atoms with Gasteiger partial charge in [0.15, 0.2) is 0 Å². The summed E-state index contributed by atoms with van der Waals surface area (Å²) in [6.07, 6.45) is 0. The van der Waals surface area contributed by atoms with Crippen LogP contribution in [0.3, 0.4) is 0 Å². The minimum atomic E-state index is 0. The van der Waals surface area contributed by atoms with E-state index in [4.69, 9.17) is 22.1 Å². The molecule has 0 radical (unpaired) electrons. The topological polar surface area (TPSA) is 38.5 Å². The molecule has 92 valence electrons. The van der Waals surface area contributed by atoms with Crippen LogP contribution < -0.4 is 10.6 Å². The van der Waals surface area contributed by atoms with Gasteiger partial charge in [-0.25, -0.2) is 0 Å². The van der Waals surface area contributed by atoms with Gasteiger partial charge in [0.1, 0.15) is 0 Å². The SMILES string of the molecule is Cl.Cl.Nc1ccc(N2CCOCC2)c(Cl)c1. The van der Waals surface area contributed by atoms with E-state index in [1.165, 1.54) is 0 Å². The lowest BCUT2D eigenvalue weighted by atomic mass is 10.2. The standard InChI is InChI=1S/C10H13ClN2O.2ClH/c11-9-7-8(12)1-2-10(9)13-3-5-14-6-4-13;;/h1-2,7H,3-6,12H2;2*1H. The number of nitrogen functional groups attached to an aromatic ring is 1. The van der Waals surface area contributed by atoms with Crippen LogP contribution in [-0.4, -0.2) is 26.3 Å². The van der Waals surface area contributed by atoms with Crippen LogP contribution >= 0.6 is 36.4 Å². The van der Waals surface area contributed by atoms with Gasteiger partial charge in [-0.15, -0.1) is 24.8 Å². The first-order chi connectivity index (χ1) is 6.77. The highest BCUT2D eigenvalue weighted by Crippen LogP contribution is 2.28. The highest BCUT2D eigenvalue weighted by Gasteiger charge is 2.13. The van der Waals surface area contributed by atoms with Crippen LogP contribution in [0.1, 0.15) is 0 Å². The maximum absolute atomic E-state index is 6.10. The van der Waals surface area contributed by atoms with Crippen LogP contribution in [-0.2, 0) is 4.74 Å². The Morgan fingerprint density at radius 1 is 1.19 bits per heavy atom. The molecule has 16 heavy (non-hydrogen) atoms. The Balaban J connectivity index is 0.00000112. The Hall–Kier alpha value is -0.350. The van der Waals surface area contributed by atoms with Crippen LogP contribution in [0.5, 0.6) is 0 Å². The maximum atomic E-state index is 6.10. The first-order valence-corrected chi connectivity index (χ1v) is 5.03. The van der Waals surface area contributed by atoms with Crippen molar-refractivity contribution in [2.75, 3.05) is 36.9 Å². The molecule has 1 aliphatic rings. The smallest absolute Gasteiger partial charge is 0.0660 e. The summed E-state index contributed by atoms with van der Waals surface area (Å²) in [5, 5.41) is 0.715. The second-order valence-corrected chi connectivity index (χ2v) is 3.72. The number of nitrogens with two attached hydrogens (primary N) is 1. The molecule has 0 amide bonds. The molecule has 1 aromatic carbocycles. The van der Waals surface area contributed by atoms with Gasteiger partial charge >= 0.3 is 0 Å². The van der Waals surface area contributed by atoms with Crippen LogP contribution in [0.4, 0.5) is 11.4 Å². The van der Waals surface area contributed by atoms with E-state index in [-0.39, 0.29) is 24.8 Å². The zero-order valence-electron chi connectivity index (χ0n) is 8.69. The predicted molar refractivity (Wildman–Crippen MR) is 73.4 cm³/mol. The quantitative estimate of drug-likeness (QED) is 0.806. The molecule has 0 aliphatic carbocycles. The minimum Gasteiger partial charge on any atom is -0.399 e. The highest BCUT2D eigenvalue weighted by molar-refractivity contribution is 6.33. The average Bonchev–Trinajstić information content (AvgIpc) is 2.19. The van der Waals surface area contributed by atoms with Gasteiger partial charge in [0.05, 0.1) is 23.9 Å². The number of morpholine rings is 1. The number of hydrogen-bond acceptors (Lipinski definition) is 3. The molecule has 0 spiro atoms. The van der Waals surface area contributed by atoms with Crippen molar-refractivity contribution >= 4 is 47.8 Å². The monoisotopic (exact) mass is 284 g/mol. The van der Waals surface area contributed by atoms with Gasteiger partial charge in [0.25, 0.3) is 0 Å². The summed E-state index contributed by atoms with van der Waals surface area (Å²) in [5.74, 6) is 0. The third-order valence-corrected chi connectivity index (χ3v) is 2.63. The number of anilines is 2. The van der Waals surface area contributed by atoms with Crippen LogP contribution in [0.15, 0.2) is 18.2 Å². The number of rotatable bonds is 1. The van der Waals surface area contributed by atoms with E-state index in [0.717, 1.165) is 32.0 Å². The molecule has 1 aliphatic heterocycles. The number of benzene rings is 1. The lowest BCUT2D eigenvalue weighted by Crippen LogP contribution is -2.36. The Morgan fingerprint density at radius 2 is 1.81 bits per heavy atom. The Labute approximate surface area is 113 Å². The number of ether oxygens (including phenoxy) is 1. The third kappa shape index (κ3) is 3.59. The molecular weight excluding hydrogens is 270 g/mol. The molecular formula is C10H15Cl3N2O. The van der Waals surface area contributed by atoms with E-state index in [2.05, 4.69) is 4.90 Å². The number of hydrogen-bond donors (Lipinski definition) is 1. The van der Waals surface area contributed by atoms with Crippen molar-refractivity contribution in [3.63, 3.8) is 0 Å². The normalized spacial score (nSPS) is 14.9. The van der Waals surface area contributed by atoms with E-state index in [0.29, 0.717) is 10.7 Å². The van der Waals surface area contributed by atoms with Gasteiger partial charge in [-0.05, 0) is 18.2 Å². The number of halogens is 3. The van der Waals surface area contributed by atoms with Gasteiger partial charge in [-0.3, -0.25) is 0 Å². The molecule has 1 heterocycles. The van der Waals surface area contributed by atoms with Crippen molar-refractivity contribution in [1.29, 1.82) is 0 Å². The average molecular weight is 286 g/mol. The summed E-state index contributed by atoms with van der Waals surface area (Å²) in [6, 6.07) is 5.62. The van der Waals surface area contributed by atoms with Gasteiger partial charge in [0.2, 0.25) is 0 Å². The van der Waals surface area contributed by atoms with Crippen molar-refractivity contribution < 1.29 is 4.74 Å². The highest BCUT2D eigenvalue weighted by atomic mass is 35.5. The van der Waals surface area contributed by atoms with Gasteiger partial charge in [0, 0.05) is 18.8 Å². The first-order valence-electron chi connectivity index (χ1n) is 4.65. The zero-order chi connectivity index (χ0) is 9.97. The largest absolute Gasteiger partial charge is 0.399 e. The van der Waals surface area contributed by atoms with Gasteiger partial charge in [-0.1, -0.05) is 11.6 Å². The Bertz CT molecular complexity index is 330. The fraction of sp³-hybridized carbons (Fsp3) is 0.400. The summed E-state index contributed by atoms with van der Waals surface area (Å²) < 4.78 is 5.28. The van der Waals surface area contributed by atoms with Crippen molar-refractivity contribution in [1.82, 2.24) is 0 Å². The maximum Gasteiger partial charge on any atom is 0.0660 e. The van der Waals surface area contributed by atoms with Crippen LogP contribution in [0, 0.1) is 0 Å². The van der Waals surface area contributed by atoms with Crippen molar-refractivity contribution in [3.05, 3.63) is 23.2 Å². The van der Waals surface area contributed by atoms with E-state index in [1.807, 2.05) is 12.1 Å². The molecule has 0 aromatic heterocycles. The van der Waals surface area contributed by atoms with Gasteiger partial charge < -0.3 is 15.4 Å². The van der Waals surface area contributed by atoms with E-state index in [9.17, 15) is 0 Å². The van der Waals surface area contributed by atoms with Gasteiger partial charge in [-0.2, -0.15) is 0 Å². The molecule has 1 fully saturated rings. The van der Waals surface area contributed by atoms with E-state index < -0.39 is 0 Å². The summed E-state index contributed by atoms with van der Waals surface area (Å²) >= 11 is 6.10. The summed E-state index contributed by atoms with van der Waals surface area (Å²) in [7, 11) is 0. The van der Waals surface area contributed by atoms with Crippen LogP contribution in [0.2, 0.25) is 5.02 Å². The van der Waals surface area contributed by atoms with Crippen molar-refractivity contribution in [2.24, 2.45) is 0 Å². The molecule has 2 N–H and O–H groups in total.